The molecule has 0 saturated carbocycles. The van der Waals surface area contributed by atoms with Crippen LogP contribution in [0.15, 0.2) is 30.8 Å². The molecule has 0 aliphatic carbocycles. The summed E-state index contributed by atoms with van der Waals surface area (Å²) in [6.45, 7) is 5.90. The van der Waals surface area contributed by atoms with Gasteiger partial charge in [0.25, 0.3) is 0 Å². The van der Waals surface area contributed by atoms with Gasteiger partial charge < -0.3 is 5.11 Å². The lowest BCUT2D eigenvalue weighted by atomic mass is 9.98. The highest BCUT2D eigenvalue weighted by molar-refractivity contribution is 5.72. The quantitative estimate of drug-likeness (QED) is 0.792. The molecule has 0 radical (unpaired) electrons. The van der Waals surface area contributed by atoms with E-state index in [1.54, 1.807) is 0 Å². The van der Waals surface area contributed by atoms with Crippen LogP contribution in [-0.2, 0) is 4.79 Å². The van der Waals surface area contributed by atoms with Crippen LogP contribution >= 0.6 is 0 Å². The maximum atomic E-state index is 10.4. The first-order chi connectivity index (χ1) is 6.61. The number of carbonyl (C=O) groups is 1. The van der Waals surface area contributed by atoms with E-state index in [0.717, 1.165) is 16.7 Å². The van der Waals surface area contributed by atoms with Gasteiger partial charge in [-0.25, -0.2) is 0 Å². The Kier molecular flexibility index (Phi) is 3.46. The lowest BCUT2D eigenvalue weighted by Crippen LogP contribution is -1.95. The third kappa shape index (κ3) is 2.73. The summed E-state index contributed by atoms with van der Waals surface area (Å²) < 4.78 is 0. The lowest BCUT2D eigenvalue weighted by Gasteiger charge is -2.07. The minimum absolute atomic E-state index is 0.146. The lowest BCUT2D eigenvalue weighted by molar-refractivity contribution is -0.136. The minimum atomic E-state index is -0.778. The van der Waals surface area contributed by atoms with E-state index in [0.29, 0.717) is 6.42 Å². The van der Waals surface area contributed by atoms with Gasteiger partial charge in [-0.15, -0.1) is 0 Å². The van der Waals surface area contributed by atoms with Crippen LogP contribution < -0.4 is 0 Å². The first-order valence-corrected chi connectivity index (χ1v) is 4.57. The van der Waals surface area contributed by atoms with Crippen molar-refractivity contribution in [3.8, 4) is 0 Å². The molecule has 2 nitrogen and oxygen atoms in total. The molecule has 1 rings (SSSR count). The van der Waals surface area contributed by atoms with E-state index in [2.05, 4.69) is 6.58 Å². The zero-order valence-corrected chi connectivity index (χ0v) is 8.29. The van der Waals surface area contributed by atoms with E-state index in [1.807, 2.05) is 31.2 Å². The Bertz CT molecular complexity index is 353. The van der Waals surface area contributed by atoms with E-state index in [-0.39, 0.29) is 6.42 Å². The Morgan fingerprint density at radius 1 is 1.36 bits per heavy atom. The summed E-state index contributed by atoms with van der Waals surface area (Å²) >= 11 is 0. The summed E-state index contributed by atoms with van der Waals surface area (Å²) in [6.07, 6.45) is 0.660. The number of carboxylic acids is 1. The third-order valence-corrected chi connectivity index (χ3v) is 2.17. The maximum Gasteiger partial charge on any atom is 0.303 e. The monoisotopic (exact) mass is 190 g/mol. The number of carboxylic acid groups (broad SMARTS) is 1. The predicted molar refractivity (Wildman–Crippen MR) is 57.1 cm³/mol. The molecule has 0 aliphatic rings. The normalized spacial score (nSPS) is 9.79. The second kappa shape index (κ2) is 4.61. The molecule has 0 fully saturated rings. The summed E-state index contributed by atoms with van der Waals surface area (Å²) in [5, 5.41) is 8.54. The first kappa shape index (κ1) is 10.5. The fourth-order valence-corrected chi connectivity index (χ4v) is 1.36. The van der Waals surface area contributed by atoms with E-state index in [4.69, 9.17) is 5.11 Å². The molecule has 14 heavy (non-hydrogen) atoms. The number of aliphatic carboxylic acids is 1. The minimum Gasteiger partial charge on any atom is -0.481 e. The van der Waals surface area contributed by atoms with Gasteiger partial charge in [0, 0.05) is 6.42 Å². The molecule has 0 aromatic heterocycles. The molecule has 0 amide bonds. The van der Waals surface area contributed by atoms with Gasteiger partial charge in [0.15, 0.2) is 0 Å². The molecule has 2 heteroatoms. The van der Waals surface area contributed by atoms with E-state index < -0.39 is 5.97 Å². The van der Waals surface area contributed by atoms with Gasteiger partial charge >= 0.3 is 5.97 Å². The highest BCUT2D eigenvalue weighted by atomic mass is 16.4. The molecule has 0 bridgehead atoms. The Morgan fingerprint density at radius 3 is 2.57 bits per heavy atom. The molecule has 1 aromatic rings. The summed E-state index contributed by atoms with van der Waals surface area (Å²) in [4.78, 5) is 10.4. The number of benzene rings is 1. The highest BCUT2D eigenvalue weighted by Gasteiger charge is 2.04. The van der Waals surface area contributed by atoms with Gasteiger partial charge in [-0.1, -0.05) is 30.8 Å². The largest absolute Gasteiger partial charge is 0.481 e. The fraction of sp³-hybridized carbons (Fsp3) is 0.250. The molecule has 0 atom stereocenters. The van der Waals surface area contributed by atoms with Gasteiger partial charge in [0.2, 0.25) is 0 Å². The molecule has 74 valence electrons. The Hall–Kier alpha value is -1.57. The molecule has 1 N–H and O–H groups in total. The average Bonchev–Trinajstić information content (AvgIpc) is 2.15. The number of allylic oxidation sites excluding steroid dienone is 1. The summed E-state index contributed by atoms with van der Waals surface area (Å²) in [7, 11) is 0. The van der Waals surface area contributed by atoms with E-state index in [1.165, 1.54) is 0 Å². The number of aryl methyl sites for hydroxylation is 1. The SMILES string of the molecule is C=C(CCC(=O)O)c1ccccc1C. The zero-order valence-electron chi connectivity index (χ0n) is 8.29. The second-order valence-corrected chi connectivity index (χ2v) is 3.31. The number of rotatable bonds is 4. The van der Waals surface area contributed by atoms with Crippen LogP contribution in [0.1, 0.15) is 24.0 Å². The second-order valence-electron chi connectivity index (χ2n) is 3.31. The van der Waals surface area contributed by atoms with Crippen molar-refractivity contribution in [2.24, 2.45) is 0 Å². The van der Waals surface area contributed by atoms with Crippen molar-refractivity contribution in [2.75, 3.05) is 0 Å². The Labute approximate surface area is 83.9 Å². The molecular formula is C12H14O2. The third-order valence-electron chi connectivity index (χ3n) is 2.17. The van der Waals surface area contributed by atoms with Crippen LogP contribution in [0.5, 0.6) is 0 Å². The standard InChI is InChI=1S/C12H14O2/c1-9-5-3-4-6-11(9)10(2)7-8-12(13)14/h3-6H,2,7-8H2,1H3,(H,13,14). The molecule has 0 heterocycles. The summed E-state index contributed by atoms with van der Waals surface area (Å²) in [5.74, 6) is -0.778. The van der Waals surface area contributed by atoms with Crippen molar-refractivity contribution < 1.29 is 9.90 Å². The van der Waals surface area contributed by atoms with Gasteiger partial charge in [0.1, 0.15) is 0 Å². The van der Waals surface area contributed by atoms with Gasteiger partial charge in [-0.05, 0) is 30.0 Å². The molecule has 0 spiro atoms. The molecule has 0 aliphatic heterocycles. The van der Waals surface area contributed by atoms with Gasteiger partial charge in [0.05, 0.1) is 0 Å². The maximum absolute atomic E-state index is 10.4. The predicted octanol–water partition coefficient (Wildman–Crippen LogP) is 2.87. The number of hydrogen-bond acceptors (Lipinski definition) is 1. The number of hydrogen-bond donors (Lipinski definition) is 1. The van der Waals surface area contributed by atoms with E-state index >= 15 is 0 Å². The topological polar surface area (TPSA) is 37.3 Å². The van der Waals surface area contributed by atoms with Crippen LogP contribution in [0.3, 0.4) is 0 Å². The zero-order chi connectivity index (χ0) is 10.6. The van der Waals surface area contributed by atoms with Gasteiger partial charge in [-0.3, -0.25) is 4.79 Å². The van der Waals surface area contributed by atoms with Crippen LogP contribution in [0.4, 0.5) is 0 Å². The van der Waals surface area contributed by atoms with Crippen molar-refractivity contribution in [3.05, 3.63) is 42.0 Å². The molecule has 0 unspecified atom stereocenters. The van der Waals surface area contributed by atoms with Crippen molar-refractivity contribution in [1.29, 1.82) is 0 Å². The molecule has 1 aromatic carbocycles. The first-order valence-electron chi connectivity index (χ1n) is 4.57. The summed E-state index contributed by atoms with van der Waals surface area (Å²) in [5.41, 5.74) is 3.10. The van der Waals surface area contributed by atoms with E-state index in [9.17, 15) is 4.79 Å². The van der Waals surface area contributed by atoms with Crippen molar-refractivity contribution >= 4 is 11.5 Å². The van der Waals surface area contributed by atoms with Crippen molar-refractivity contribution in [1.82, 2.24) is 0 Å². The smallest absolute Gasteiger partial charge is 0.303 e. The van der Waals surface area contributed by atoms with Crippen LogP contribution in [0.25, 0.3) is 5.57 Å². The highest BCUT2D eigenvalue weighted by Crippen LogP contribution is 2.20. The Balaban J connectivity index is 2.70. The molecule has 0 saturated heterocycles. The van der Waals surface area contributed by atoms with Crippen LogP contribution in [-0.4, -0.2) is 11.1 Å². The fourth-order valence-electron chi connectivity index (χ4n) is 1.36. The average molecular weight is 190 g/mol. The van der Waals surface area contributed by atoms with Crippen LogP contribution in [0, 0.1) is 6.92 Å². The Morgan fingerprint density at radius 2 is 2.00 bits per heavy atom. The van der Waals surface area contributed by atoms with Gasteiger partial charge in [-0.2, -0.15) is 0 Å². The summed E-state index contributed by atoms with van der Waals surface area (Å²) in [6, 6.07) is 7.87. The molecular weight excluding hydrogens is 176 g/mol. The van der Waals surface area contributed by atoms with Crippen molar-refractivity contribution in [2.45, 2.75) is 19.8 Å². The van der Waals surface area contributed by atoms with Crippen LogP contribution in [0.2, 0.25) is 0 Å². The van der Waals surface area contributed by atoms with Crippen molar-refractivity contribution in [3.63, 3.8) is 0 Å².